The molecule has 2 fully saturated rings. The molecular formula is C16H28Cl2N2O2. The molecule has 128 valence electrons. The molecule has 1 atom stereocenters. The van der Waals surface area contributed by atoms with Crippen LogP contribution in [0, 0.1) is 19.8 Å². The first-order chi connectivity index (χ1) is 9.75. The Labute approximate surface area is 145 Å². The Hall–Kier alpha value is -0.260. The summed E-state index contributed by atoms with van der Waals surface area (Å²) in [5, 5.41) is 3.44. The molecule has 22 heavy (non-hydrogen) atoms. The smallest absolute Gasteiger partial charge is 0.121 e. The molecule has 0 spiro atoms. The number of hydrogen-bond donors (Lipinski definition) is 1. The molecule has 0 aromatic carbocycles. The van der Waals surface area contributed by atoms with E-state index in [2.05, 4.69) is 30.1 Å². The first-order valence-electron chi connectivity index (χ1n) is 7.85. The second-order valence-corrected chi connectivity index (χ2v) is 6.07. The summed E-state index contributed by atoms with van der Waals surface area (Å²) < 4.78 is 11.6. The molecule has 1 N–H and O–H groups in total. The highest BCUT2D eigenvalue weighted by atomic mass is 35.5. The minimum atomic E-state index is 0. The van der Waals surface area contributed by atoms with Gasteiger partial charge in [0.1, 0.15) is 11.5 Å². The van der Waals surface area contributed by atoms with Gasteiger partial charge in [-0.3, -0.25) is 4.90 Å². The molecule has 1 aromatic rings. The van der Waals surface area contributed by atoms with E-state index in [1.54, 1.807) is 0 Å². The third-order valence-electron chi connectivity index (χ3n) is 4.73. The summed E-state index contributed by atoms with van der Waals surface area (Å²) >= 11 is 0. The second-order valence-electron chi connectivity index (χ2n) is 6.07. The summed E-state index contributed by atoms with van der Waals surface area (Å²) in [6, 6.07) is 2.67. The number of nitrogens with zero attached hydrogens (tertiary/aromatic N) is 1. The summed E-state index contributed by atoms with van der Waals surface area (Å²) in [4.78, 5) is 2.60. The molecule has 0 saturated carbocycles. The van der Waals surface area contributed by atoms with Crippen molar-refractivity contribution in [1.82, 2.24) is 10.2 Å². The summed E-state index contributed by atoms with van der Waals surface area (Å²) in [6.45, 7) is 10.4. The van der Waals surface area contributed by atoms with E-state index in [1.807, 2.05) is 0 Å². The third kappa shape index (κ3) is 4.39. The predicted octanol–water partition coefficient (Wildman–Crippen LogP) is 3.11. The molecule has 3 rings (SSSR count). The average molecular weight is 351 g/mol. The van der Waals surface area contributed by atoms with Gasteiger partial charge in [-0.25, -0.2) is 0 Å². The number of ether oxygens (including phenoxy) is 1. The van der Waals surface area contributed by atoms with E-state index < -0.39 is 0 Å². The zero-order valence-corrected chi connectivity index (χ0v) is 15.1. The summed E-state index contributed by atoms with van der Waals surface area (Å²) in [5.74, 6) is 2.88. The topological polar surface area (TPSA) is 37.6 Å². The van der Waals surface area contributed by atoms with Crippen LogP contribution < -0.4 is 5.32 Å². The predicted molar refractivity (Wildman–Crippen MR) is 93.4 cm³/mol. The fourth-order valence-electron chi connectivity index (χ4n) is 3.45. The van der Waals surface area contributed by atoms with E-state index >= 15 is 0 Å². The van der Waals surface area contributed by atoms with Gasteiger partial charge in [-0.1, -0.05) is 0 Å². The lowest BCUT2D eigenvalue weighted by atomic mass is 9.88. The van der Waals surface area contributed by atoms with Crippen LogP contribution in [0.4, 0.5) is 0 Å². The fraction of sp³-hybridized carbons (Fsp3) is 0.750. The Balaban J connectivity index is 0.00000121. The van der Waals surface area contributed by atoms with Gasteiger partial charge < -0.3 is 14.5 Å². The summed E-state index contributed by atoms with van der Waals surface area (Å²) in [6.07, 6.45) is 2.29. The number of aryl methyl sites for hydroxylation is 2. The van der Waals surface area contributed by atoms with Gasteiger partial charge in [-0.2, -0.15) is 0 Å². The van der Waals surface area contributed by atoms with Crippen LogP contribution in [-0.4, -0.2) is 44.3 Å². The Bertz CT molecular complexity index is 404. The number of nitrogens with one attached hydrogen (secondary N) is 1. The maximum Gasteiger partial charge on any atom is 0.121 e. The van der Waals surface area contributed by atoms with Crippen molar-refractivity contribution in [3.05, 3.63) is 23.2 Å². The van der Waals surface area contributed by atoms with E-state index in [9.17, 15) is 0 Å². The lowest BCUT2D eigenvalue weighted by Gasteiger charge is -2.39. The molecule has 4 nitrogen and oxygen atoms in total. The van der Waals surface area contributed by atoms with Gasteiger partial charge in [0.2, 0.25) is 0 Å². The van der Waals surface area contributed by atoms with Crippen molar-refractivity contribution >= 4 is 24.8 Å². The number of halogens is 2. The standard InChI is InChI=1S/C16H26N2O2.2ClH/c1-12-11-15(20-13(12)2)16(14-3-9-19-10-4-14)18-7-5-17-6-8-18;;/h11,14,16-17H,3-10H2,1-2H3;2*1H/t16-;;/m0../s1. The molecule has 2 aliphatic rings. The Kier molecular flexibility index (Phi) is 8.22. The van der Waals surface area contributed by atoms with Crippen molar-refractivity contribution in [3.63, 3.8) is 0 Å². The van der Waals surface area contributed by atoms with Crippen molar-refractivity contribution in [3.8, 4) is 0 Å². The molecular weight excluding hydrogens is 323 g/mol. The highest BCUT2D eigenvalue weighted by molar-refractivity contribution is 5.85. The number of hydrogen-bond acceptors (Lipinski definition) is 4. The highest BCUT2D eigenvalue weighted by Gasteiger charge is 2.33. The quantitative estimate of drug-likeness (QED) is 0.908. The lowest BCUT2D eigenvalue weighted by Crippen LogP contribution is -2.47. The first-order valence-corrected chi connectivity index (χ1v) is 7.85. The van der Waals surface area contributed by atoms with Gasteiger partial charge in [0.25, 0.3) is 0 Å². The average Bonchev–Trinajstić information content (AvgIpc) is 2.81. The monoisotopic (exact) mass is 350 g/mol. The van der Waals surface area contributed by atoms with Crippen molar-refractivity contribution in [2.24, 2.45) is 5.92 Å². The first kappa shape index (κ1) is 19.8. The van der Waals surface area contributed by atoms with Gasteiger partial charge in [0.15, 0.2) is 0 Å². The zero-order valence-electron chi connectivity index (χ0n) is 13.5. The normalized spacial score (nSPS) is 21.7. The maximum atomic E-state index is 6.08. The molecule has 0 amide bonds. The van der Waals surface area contributed by atoms with Crippen LogP contribution in [0.5, 0.6) is 0 Å². The molecule has 2 saturated heterocycles. The van der Waals surface area contributed by atoms with Gasteiger partial charge in [-0.15, -0.1) is 24.8 Å². The molecule has 0 unspecified atom stereocenters. The van der Waals surface area contributed by atoms with Crippen LogP contribution in [-0.2, 0) is 4.74 Å². The number of furan rings is 1. The third-order valence-corrected chi connectivity index (χ3v) is 4.73. The van der Waals surface area contributed by atoms with E-state index in [4.69, 9.17) is 9.15 Å². The van der Waals surface area contributed by atoms with Crippen molar-refractivity contribution < 1.29 is 9.15 Å². The Morgan fingerprint density at radius 1 is 1.14 bits per heavy atom. The molecule has 0 radical (unpaired) electrons. The van der Waals surface area contributed by atoms with Gasteiger partial charge in [0.05, 0.1) is 6.04 Å². The van der Waals surface area contributed by atoms with E-state index in [1.165, 1.54) is 5.56 Å². The molecule has 0 bridgehead atoms. The van der Waals surface area contributed by atoms with Crippen LogP contribution in [0.25, 0.3) is 0 Å². The Morgan fingerprint density at radius 2 is 1.77 bits per heavy atom. The van der Waals surface area contributed by atoms with E-state index in [-0.39, 0.29) is 24.8 Å². The van der Waals surface area contributed by atoms with Crippen LogP contribution >= 0.6 is 24.8 Å². The van der Waals surface area contributed by atoms with E-state index in [0.717, 1.165) is 63.8 Å². The van der Waals surface area contributed by atoms with Crippen molar-refractivity contribution in [2.45, 2.75) is 32.7 Å². The highest BCUT2D eigenvalue weighted by Crippen LogP contribution is 2.36. The minimum absolute atomic E-state index is 0. The number of rotatable bonds is 3. The largest absolute Gasteiger partial charge is 0.464 e. The molecule has 2 aliphatic heterocycles. The second kappa shape index (κ2) is 9.14. The fourth-order valence-corrected chi connectivity index (χ4v) is 3.45. The summed E-state index contributed by atoms with van der Waals surface area (Å²) in [7, 11) is 0. The summed E-state index contributed by atoms with van der Waals surface area (Å²) in [5.41, 5.74) is 1.27. The van der Waals surface area contributed by atoms with Crippen LogP contribution in [0.15, 0.2) is 10.5 Å². The Morgan fingerprint density at radius 3 is 2.32 bits per heavy atom. The van der Waals surface area contributed by atoms with Gasteiger partial charge in [0, 0.05) is 39.4 Å². The van der Waals surface area contributed by atoms with Crippen LogP contribution in [0.2, 0.25) is 0 Å². The van der Waals surface area contributed by atoms with Crippen LogP contribution in [0.3, 0.4) is 0 Å². The molecule has 3 heterocycles. The molecule has 1 aromatic heterocycles. The van der Waals surface area contributed by atoms with Gasteiger partial charge >= 0.3 is 0 Å². The number of piperazine rings is 1. The van der Waals surface area contributed by atoms with E-state index in [0.29, 0.717) is 12.0 Å². The lowest BCUT2D eigenvalue weighted by molar-refractivity contribution is 0.0146. The molecule has 0 aliphatic carbocycles. The zero-order chi connectivity index (χ0) is 13.9. The minimum Gasteiger partial charge on any atom is -0.464 e. The SMILES string of the molecule is Cc1cc([C@H](C2CCOCC2)N2CCNCC2)oc1C.Cl.Cl. The van der Waals surface area contributed by atoms with Crippen LogP contribution in [0.1, 0.15) is 36.0 Å². The van der Waals surface area contributed by atoms with Crippen molar-refractivity contribution in [2.75, 3.05) is 39.4 Å². The molecule has 6 heteroatoms. The maximum absolute atomic E-state index is 6.08. The van der Waals surface area contributed by atoms with Gasteiger partial charge in [-0.05, 0) is 44.2 Å². The van der Waals surface area contributed by atoms with Crippen molar-refractivity contribution in [1.29, 1.82) is 0 Å².